The van der Waals surface area contributed by atoms with E-state index in [1.165, 1.54) is 4.57 Å². The Morgan fingerprint density at radius 1 is 1.25 bits per heavy atom. The minimum absolute atomic E-state index is 0.620. The summed E-state index contributed by atoms with van der Waals surface area (Å²) >= 11 is 0. The fourth-order valence-electron chi connectivity index (χ4n) is 3.10. The molecule has 1 aliphatic rings. The topological polar surface area (TPSA) is 39.0 Å². The molecular formula is C15H12N5+. The highest BCUT2D eigenvalue weighted by atomic mass is 15.3. The fourth-order valence-corrected chi connectivity index (χ4v) is 3.10. The number of hydrogen-bond donors (Lipinski definition) is 0. The van der Waals surface area contributed by atoms with Crippen molar-refractivity contribution in [2.75, 3.05) is 0 Å². The largest absolute Gasteiger partial charge is 0.370 e. The summed E-state index contributed by atoms with van der Waals surface area (Å²) < 4.78 is 29.2. The third kappa shape index (κ3) is 1.02. The highest BCUT2D eigenvalue weighted by Crippen LogP contribution is 2.33. The van der Waals surface area contributed by atoms with Crippen LogP contribution in [0.15, 0.2) is 43.1 Å². The Balaban J connectivity index is 1.97. The number of aryl methyl sites for hydroxylation is 1. The van der Waals surface area contributed by atoms with Gasteiger partial charge in [0.15, 0.2) is 5.52 Å². The number of imidazole rings is 2. The summed E-state index contributed by atoms with van der Waals surface area (Å²) in [6.45, 7) is -1.65. The second kappa shape index (κ2) is 3.25. The van der Waals surface area contributed by atoms with E-state index in [1.807, 2.05) is 27.4 Å². The van der Waals surface area contributed by atoms with Crippen LogP contribution in [0.3, 0.4) is 0 Å². The molecule has 0 saturated heterocycles. The van der Waals surface area contributed by atoms with Gasteiger partial charge in [-0.2, -0.15) is 4.40 Å². The van der Waals surface area contributed by atoms with Crippen LogP contribution in [-0.2, 0) is 13.5 Å². The van der Waals surface area contributed by atoms with Gasteiger partial charge < -0.3 is 0 Å². The lowest BCUT2D eigenvalue weighted by atomic mass is 10.1. The minimum atomic E-state index is -2.27. The van der Waals surface area contributed by atoms with E-state index >= 15 is 0 Å². The molecule has 0 bridgehead atoms. The Morgan fingerprint density at radius 2 is 2.15 bits per heavy atom. The van der Waals surface area contributed by atoms with E-state index in [9.17, 15) is 0 Å². The standard InChI is InChI=1S/C15H12N5/c1-18-12-3-5-17-7-13(12)20-9-14-11-2-4-16-6-10(11)8-19(14)15(18)20/h2-7,9H,8H2,1H3/q+1/i1D3. The van der Waals surface area contributed by atoms with Crippen LogP contribution in [0.1, 0.15) is 9.68 Å². The second-order valence-corrected chi connectivity index (χ2v) is 5.00. The Labute approximate surface area is 119 Å². The molecule has 5 nitrogen and oxygen atoms in total. The number of hydrogen-bond acceptors (Lipinski definition) is 2. The lowest BCUT2D eigenvalue weighted by molar-refractivity contribution is -0.621. The van der Waals surface area contributed by atoms with Crippen LogP contribution in [0.4, 0.5) is 0 Å². The van der Waals surface area contributed by atoms with Gasteiger partial charge in [0.2, 0.25) is 0 Å². The van der Waals surface area contributed by atoms with Crippen molar-refractivity contribution >= 4 is 16.8 Å². The molecule has 96 valence electrons. The van der Waals surface area contributed by atoms with Crippen molar-refractivity contribution in [2.24, 2.45) is 6.98 Å². The molecule has 0 aromatic carbocycles. The molecule has 4 aromatic rings. The van der Waals surface area contributed by atoms with Gasteiger partial charge in [-0.25, -0.2) is 9.13 Å². The molecule has 4 aromatic heterocycles. The van der Waals surface area contributed by atoms with Crippen molar-refractivity contribution in [1.82, 2.24) is 18.9 Å². The van der Waals surface area contributed by atoms with E-state index < -0.39 is 6.98 Å². The molecule has 0 radical (unpaired) electrons. The van der Waals surface area contributed by atoms with E-state index in [4.69, 9.17) is 4.11 Å². The smallest absolute Gasteiger partial charge is 0.264 e. The Bertz CT molecular complexity index is 1090. The molecule has 0 amide bonds. The fraction of sp³-hybridized carbons (Fsp3) is 0.133. The van der Waals surface area contributed by atoms with Gasteiger partial charge in [-0.05, 0) is 12.1 Å². The van der Waals surface area contributed by atoms with Gasteiger partial charge in [-0.15, -0.1) is 0 Å². The lowest BCUT2D eigenvalue weighted by Crippen LogP contribution is -2.29. The van der Waals surface area contributed by atoms with Gasteiger partial charge in [0.05, 0.1) is 23.8 Å². The summed E-state index contributed by atoms with van der Waals surface area (Å²) in [4.78, 5) is 8.31. The molecule has 0 spiro atoms. The van der Waals surface area contributed by atoms with Gasteiger partial charge in [0, 0.05) is 29.7 Å². The van der Waals surface area contributed by atoms with Crippen LogP contribution in [0.25, 0.3) is 28.1 Å². The quantitative estimate of drug-likeness (QED) is 0.398. The SMILES string of the molecule is [2H]C([2H])([2H])[n+]1c2ccncc2n2cc3n(c21)Cc1cnccc1-3. The average molecular weight is 265 g/mol. The Hall–Kier alpha value is -2.69. The first-order chi connectivity index (χ1) is 11.1. The van der Waals surface area contributed by atoms with Crippen LogP contribution in [-0.4, -0.2) is 18.9 Å². The van der Waals surface area contributed by atoms with Crippen LogP contribution in [0, 0.1) is 0 Å². The average Bonchev–Trinajstić information content (AvgIpc) is 3.13. The van der Waals surface area contributed by atoms with Gasteiger partial charge in [0.25, 0.3) is 0 Å². The molecule has 0 unspecified atom stereocenters. The monoisotopic (exact) mass is 265 g/mol. The molecule has 5 heterocycles. The van der Waals surface area contributed by atoms with Gasteiger partial charge in [-0.1, -0.05) is 0 Å². The first kappa shape index (κ1) is 7.79. The van der Waals surface area contributed by atoms with Gasteiger partial charge >= 0.3 is 5.78 Å². The summed E-state index contributed by atoms with van der Waals surface area (Å²) in [6.07, 6.45) is 8.89. The second-order valence-electron chi connectivity index (χ2n) is 5.00. The summed E-state index contributed by atoms with van der Waals surface area (Å²) in [5.74, 6) is 0.638. The van der Waals surface area contributed by atoms with Gasteiger partial charge in [0.1, 0.15) is 17.4 Å². The van der Waals surface area contributed by atoms with Crippen molar-refractivity contribution < 1.29 is 8.68 Å². The van der Waals surface area contributed by atoms with E-state index in [1.54, 1.807) is 24.7 Å². The molecule has 0 fully saturated rings. The number of aromatic nitrogens is 5. The molecule has 1 aliphatic heterocycles. The molecule has 0 N–H and O–H groups in total. The van der Waals surface area contributed by atoms with Crippen LogP contribution >= 0.6 is 0 Å². The summed E-state index contributed by atoms with van der Waals surface area (Å²) in [7, 11) is 0. The van der Waals surface area contributed by atoms with Crippen molar-refractivity contribution in [1.29, 1.82) is 0 Å². The van der Waals surface area contributed by atoms with E-state index in [2.05, 4.69) is 9.97 Å². The molecule has 0 atom stereocenters. The van der Waals surface area contributed by atoms with Crippen molar-refractivity contribution in [3.05, 3.63) is 48.7 Å². The van der Waals surface area contributed by atoms with Crippen molar-refractivity contribution in [3.63, 3.8) is 0 Å². The Kier molecular flexibility index (Phi) is 1.27. The normalized spacial score (nSPS) is 15.9. The third-order valence-electron chi connectivity index (χ3n) is 3.99. The summed E-state index contributed by atoms with van der Waals surface area (Å²) in [6, 6.07) is 3.71. The number of nitrogens with zero attached hydrogens (tertiary/aromatic N) is 5. The third-order valence-corrected chi connectivity index (χ3v) is 3.99. The number of fused-ring (bicyclic) bond motifs is 7. The zero-order valence-electron chi connectivity index (χ0n) is 13.5. The van der Waals surface area contributed by atoms with Crippen molar-refractivity contribution in [3.8, 4) is 11.3 Å². The lowest BCUT2D eigenvalue weighted by Gasteiger charge is -1.93. The predicted octanol–water partition coefficient (Wildman–Crippen LogP) is 1.54. The summed E-state index contributed by atoms with van der Waals surface area (Å²) in [5, 5.41) is 0. The zero-order chi connectivity index (χ0) is 15.8. The maximum absolute atomic E-state index is 7.95. The summed E-state index contributed by atoms with van der Waals surface area (Å²) in [5.41, 5.74) is 4.64. The van der Waals surface area contributed by atoms with Crippen LogP contribution < -0.4 is 4.57 Å². The van der Waals surface area contributed by atoms with Gasteiger partial charge in [-0.3, -0.25) is 9.97 Å². The first-order valence-corrected chi connectivity index (χ1v) is 6.39. The first-order valence-electron chi connectivity index (χ1n) is 7.89. The maximum atomic E-state index is 7.95. The molecular weight excluding hydrogens is 250 g/mol. The van der Waals surface area contributed by atoms with E-state index in [-0.39, 0.29) is 0 Å². The van der Waals surface area contributed by atoms with E-state index in [0.717, 1.165) is 22.3 Å². The zero-order valence-corrected chi connectivity index (χ0v) is 10.5. The van der Waals surface area contributed by atoms with E-state index in [0.29, 0.717) is 17.8 Å². The van der Waals surface area contributed by atoms with Crippen LogP contribution in [0.2, 0.25) is 0 Å². The highest BCUT2D eigenvalue weighted by molar-refractivity contribution is 5.78. The predicted molar refractivity (Wildman–Crippen MR) is 74.2 cm³/mol. The molecule has 5 heteroatoms. The number of rotatable bonds is 0. The molecule has 0 saturated carbocycles. The minimum Gasteiger partial charge on any atom is -0.264 e. The van der Waals surface area contributed by atoms with Crippen LogP contribution in [0.5, 0.6) is 0 Å². The number of pyridine rings is 2. The highest BCUT2D eigenvalue weighted by Gasteiger charge is 2.30. The Morgan fingerprint density at radius 3 is 3.10 bits per heavy atom. The maximum Gasteiger partial charge on any atom is 0.370 e. The molecule has 20 heavy (non-hydrogen) atoms. The molecule has 0 aliphatic carbocycles. The van der Waals surface area contributed by atoms with Crippen molar-refractivity contribution in [2.45, 2.75) is 6.54 Å². The molecule has 5 rings (SSSR count).